The normalized spacial score (nSPS) is 22.0. The lowest BCUT2D eigenvalue weighted by molar-refractivity contribution is -0.122. The molecule has 0 radical (unpaired) electrons. The topological polar surface area (TPSA) is 46.9 Å². The van der Waals surface area contributed by atoms with E-state index in [4.69, 9.17) is 0 Å². The minimum atomic E-state index is 0.184. The Morgan fingerprint density at radius 1 is 1.57 bits per heavy atom. The Balaban J connectivity index is 1.43. The average molecular weight is 303 g/mol. The number of nitrogens with zero attached hydrogens (tertiary/aromatic N) is 2. The molecule has 112 valence electrons. The fraction of sp³-hybridized carbons (Fsp3) is 0.500. The summed E-state index contributed by atoms with van der Waals surface area (Å²) in [5.74, 6) is 1.25. The van der Waals surface area contributed by atoms with E-state index in [1.54, 1.807) is 6.20 Å². The summed E-state index contributed by atoms with van der Waals surface area (Å²) in [4.78, 5) is 18.9. The zero-order valence-electron chi connectivity index (χ0n) is 12.5. The molecule has 0 saturated heterocycles. The number of hydrogen-bond acceptors (Lipinski definition) is 3. The molecule has 1 saturated carbocycles. The van der Waals surface area contributed by atoms with Crippen LogP contribution in [-0.4, -0.2) is 22.0 Å². The molecule has 1 fully saturated rings. The van der Waals surface area contributed by atoms with Crippen LogP contribution >= 0.6 is 11.3 Å². The highest BCUT2D eigenvalue weighted by molar-refractivity contribution is 7.12. The summed E-state index contributed by atoms with van der Waals surface area (Å²) in [5.41, 5.74) is 0. The molecular formula is C16H21N3OS. The van der Waals surface area contributed by atoms with Crippen molar-refractivity contribution >= 4 is 17.2 Å². The summed E-state index contributed by atoms with van der Waals surface area (Å²) in [6.45, 7) is 5.87. The van der Waals surface area contributed by atoms with Crippen LogP contribution in [-0.2, 0) is 11.3 Å². The Bertz CT molecular complexity index is 605. The SMILES string of the molecule is Cc1ccc([C@@H]2C[C@H]2C(=O)NC[C@H](C)Cn2ccnc2)s1. The number of carbonyl (C=O) groups excluding carboxylic acids is 1. The maximum atomic E-state index is 12.2. The van der Waals surface area contributed by atoms with E-state index in [0.29, 0.717) is 11.8 Å². The molecular weight excluding hydrogens is 282 g/mol. The largest absolute Gasteiger partial charge is 0.356 e. The van der Waals surface area contributed by atoms with Gasteiger partial charge in [0, 0.05) is 47.1 Å². The number of rotatable bonds is 6. The van der Waals surface area contributed by atoms with Crippen molar-refractivity contribution in [2.45, 2.75) is 32.7 Å². The molecule has 0 bridgehead atoms. The van der Waals surface area contributed by atoms with Gasteiger partial charge in [-0.05, 0) is 31.4 Å². The van der Waals surface area contributed by atoms with Crippen LogP contribution in [0.25, 0.3) is 0 Å². The van der Waals surface area contributed by atoms with Crippen LogP contribution in [0.1, 0.15) is 29.0 Å². The summed E-state index contributed by atoms with van der Waals surface area (Å²) < 4.78 is 2.05. The van der Waals surface area contributed by atoms with E-state index < -0.39 is 0 Å². The molecule has 2 aromatic heterocycles. The van der Waals surface area contributed by atoms with Crippen LogP contribution < -0.4 is 5.32 Å². The molecule has 2 aromatic rings. The van der Waals surface area contributed by atoms with E-state index >= 15 is 0 Å². The molecule has 3 atom stereocenters. The zero-order chi connectivity index (χ0) is 14.8. The third kappa shape index (κ3) is 3.53. The second kappa shape index (κ2) is 6.02. The molecule has 0 aliphatic heterocycles. The molecule has 0 spiro atoms. The number of hydrogen-bond donors (Lipinski definition) is 1. The molecule has 21 heavy (non-hydrogen) atoms. The molecule has 1 N–H and O–H groups in total. The smallest absolute Gasteiger partial charge is 0.223 e. The second-order valence-corrected chi connectivity index (χ2v) is 7.33. The van der Waals surface area contributed by atoms with Gasteiger partial charge in [-0.3, -0.25) is 4.79 Å². The standard InChI is InChI=1S/C16H21N3OS/c1-11(9-19-6-5-17-10-19)8-18-16(20)14-7-13(14)15-4-3-12(2)21-15/h3-6,10-11,13-14H,7-9H2,1-2H3,(H,18,20)/t11-,13+,14+/m0/s1. The van der Waals surface area contributed by atoms with Crippen LogP contribution in [0.3, 0.4) is 0 Å². The minimum Gasteiger partial charge on any atom is -0.356 e. The van der Waals surface area contributed by atoms with Gasteiger partial charge >= 0.3 is 0 Å². The van der Waals surface area contributed by atoms with Gasteiger partial charge < -0.3 is 9.88 Å². The molecule has 5 heteroatoms. The Labute approximate surface area is 129 Å². The van der Waals surface area contributed by atoms with E-state index in [9.17, 15) is 4.79 Å². The molecule has 4 nitrogen and oxygen atoms in total. The first kappa shape index (κ1) is 14.3. The Morgan fingerprint density at radius 3 is 3.10 bits per heavy atom. The second-order valence-electron chi connectivity index (χ2n) is 6.01. The number of aryl methyl sites for hydroxylation is 1. The third-order valence-corrected chi connectivity index (χ3v) is 5.09. The van der Waals surface area contributed by atoms with Gasteiger partial charge in [0.2, 0.25) is 5.91 Å². The summed E-state index contributed by atoms with van der Waals surface area (Å²) in [6.07, 6.45) is 6.55. The zero-order valence-corrected chi connectivity index (χ0v) is 13.3. The number of carbonyl (C=O) groups is 1. The molecule has 0 aromatic carbocycles. The molecule has 1 amide bonds. The molecule has 1 aliphatic rings. The van der Waals surface area contributed by atoms with Crippen LogP contribution in [0.4, 0.5) is 0 Å². The number of nitrogens with one attached hydrogen (secondary N) is 1. The van der Waals surface area contributed by atoms with E-state index in [1.807, 2.05) is 28.4 Å². The van der Waals surface area contributed by atoms with Gasteiger partial charge in [0.15, 0.2) is 0 Å². The number of amides is 1. The van der Waals surface area contributed by atoms with Crippen molar-refractivity contribution in [3.05, 3.63) is 40.6 Å². The Kier molecular flexibility index (Phi) is 4.10. The highest BCUT2D eigenvalue weighted by Crippen LogP contribution is 2.49. The van der Waals surface area contributed by atoms with Gasteiger partial charge in [-0.25, -0.2) is 4.98 Å². The minimum absolute atomic E-state index is 0.184. The van der Waals surface area contributed by atoms with Crippen molar-refractivity contribution in [1.82, 2.24) is 14.9 Å². The highest BCUT2D eigenvalue weighted by Gasteiger charge is 2.44. The predicted molar refractivity (Wildman–Crippen MR) is 84.3 cm³/mol. The van der Waals surface area contributed by atoms with Gasteiger partial charge in [-0.1, -0.05) is 6.92 Å². The highest BCUT2D eigenvalue weighted by atomic mass is 32.1. The van der Waals surface area contributed by atoms with E-state index in [0.717, 1.165) is 19.5 Å². The van der Waals surface area contributed by atoms with Crippen LogP contribution in [0.2, 0.25) is 0 Å². The van der Waals surface area contributed by atoms with E-state index in [2.05, 4.69) is 36.3 Å². The third-order valence-electron chi connectivity index (χ3n) is 3.96. The van der Waals surface area contributed by atoms with Gasteiger partial charge in [0.1, 0.15) is 0 Å². The van der Waals surface area contributed by atoms with Crippen LogP contribution in [0, 0.1) is 18.8 Å². The molecule has 3 rings (SSSR count). The lowest BCUT2D eigenvalue weighted by Gasteiger charge is -2.13. The van der Waals surface area contributed by atoms with Crippen molar-refractivity contribution in [3.8, 4) is 0 Å². The van der Waals surface area contributed by atoms with Crippen LogP contribution in [0.5, 0.6) is 0 Å². The first-order chi connectivity index (χ1) is 10.1. The fourth-order valence-electron chi connectivity index (χ4n) is 2.68. The molecule has 0 unspecified atom stereocenters. The van der Waals surface area contributed by atoms with Gasteiger partial charge in [0.25, 0.3) is 0 Å². The van der Waals surface area contributed by atoms with Crippen molar-refractivity contribution < 1.29 is 4.79 Å². The quantitative estimate of drug-likeness (QED) is 0.892. The van der Waals surface area contributed by atoms with Gasteiger partial charge in [0.05, 0.1) is 6.33 Å². The first-order valence-electron chi connectivity index (χ1n) is 7.43. The summed E-state index contributed by atoms with van der Waals surface area (Å²) >= 11 is 1.82. The molecule has 1 aliphatic carbocycles. The Hall–Kier alpha value is -1.62. The van der Waals surface area contributed by atoms with Crippen molar-refractivity contribution in [1.29, 1.82) is 0 Å². The van der Waals surface area contributed by atoms with Crippen LogP contribution in [0.15, 0.2) is 30.9 Å². The van der Waals surface area contributed by atoms with Gasteiger partial charge in [-0.2, -0.15) is 0 Å². The lowest BCUT2D eigenvalue weighted by atomic mass is 10.1. The van der Waals surface area contributed by atoms with Crippen molar-refractivity contribution in [3.63, 3.8) is 0 Å². The number of aromatic nitrogens is 2. The van der Waals surface area contributed by atoms with E-state index in [1.165, 1.54) is 9.75 Å². The molecule has 2 heterocycles. The van der Waals surface area contributed by atoms with Crippen molar-refractivity contribution in [2.24, 2.45) is 11.8 Å². The lowest BCUT2D eigenvalue weighted by Crippen LogP contribution is -2.31. The monoisotopic (exact) mass is 303 g/mol. The maximum absolute atomic E-state index is 12.2. The maximum Gasteiger partial charge on any atom is 0.223 e. The summed E-state index contributed by atoms with van der Waals surface area (Å²) in [7, 11) is 0. The number of thiophene rings is 1. The summed E-state index contributed by atoms with van der Waals surface area (Å²) in [6, 6.07) is 4.31. The average Bonchev–Trinajstić information content (AvgIpc) is 2.87. The van der Waals surface area contributed by atoms with E-state index in [-0.39, 0.29) is 11.8 Å². The predicted octanol–water partition coefficient (Wildman–Crippen LogP) is 2.81. The Morgan fingerprint density at radius 2 is 2.43 bits per heavy atom. The first-order valence-corrected chi connectivity index (χ1v) is 8.25. The van der Waals surface area contributed by atoms with Crippen molar-refractivity contribution in [2.75, 3.05) is 6.54 Å². The fourth-order valence-corrected chi connectivity index (χ4v) is 3.73. The van der Waals surface area contributed by atoms with Gasteiger partial charge in [-0.15, -0.1) is 11.3 Å². The number of imidazole rings is 1. The summed E-state index contributed by atoms with van der Waals surface area (Å²) in [5, 5.41) is 3.10.